The number of hydrogen-bond donors (Lipinski definition) is 1. The Bertz CT molecular complexity index is 976. The number of rotatable bonds is 6. The summed E-state index contributed by atoms with van der Waals surface area (Å²) in [6, 6.07) is 7.81. The number of guanidine groups is 1. The Morgan fingerprint density at radius 3 is 2.52 bits per heavy atom. The van der Waals surface area contributed by atoms with E-state index < -0.39 is 36.7 Å². The van der Waals surface area contributed by atoms with Crippen LogP contribution in [0.15, 0.2) is 46.7 Å². The molecule has 3 heterocycles. The molecule has 0 spiro atoms. The van der Waals surface area contributed by atoms with Crippen molar-refractivity contribution < 1.29 is 24.2 Å². The zero-order chi connectivity index (χ0) is 22.3. The van der Waals surface area contributed by atoms with Crippen LogP contribution in [0.2, 0.25) is 0 Å². The molecule has 0 radical (unpaired) electrons. The minimum Gasteiger partial charge on any atom is -0.459 e. The Kier molecular flexibility index (Phi) is 5.40. The van der Waals surface area contributed by atoms with Crippen LogP contribution in [0.5, 0.6) is 0 Å². The van der Waals surface area contributed by atoms with Crippen LogP contribution in [-0.4, -0.2) is 87.5 Å². The number of ether oxygens (including phenoxy) is 1. The Hall–Kier alpha value is -3.40. The molecule has 0 aromatic heterocycles. The Balaban J connectivity index is 1.51. The molecule has 1 N–H and O–H groups in total. The number of aliphatic hydroxyl groups is 1. The van der Waals surface area contributed by atoms with Gasteiger partial charge in [0.05, 0.1) is 6.61 Å². The number of hydrogen-bond acceptors (Lipinski definition) is 8. The van der Waals surface area contributed by atoms with Crippen LogP contribution >= 0.6 is 0 Å². The number of amides is 3. The maximum atomic E-state index is 13.3. The molecule has 1 aromatic carbocycles. The van der Waals surface area contributed by atoms with Gasteiger partial charge in [-0.1, -0.05) is 30.3 Å². The summed E-state index contributed by atoms with van der Waals surface area (Å²) in [4.78, 5) is 49.0. The maximum absolute atomic E-state index is 13.3. The van der Waals surface area contributed by atoms with Crippen molar-refractivity contribution in [2.24, 2.45) is 4.99 Å². The van der Waals surface area contributed by atoms with Crippen molar-refractivity contribution >= 4 is 23.9 Å². The lowest BCUT2D eigenvalue weighted by molar-refractivity contribution is -0.151. The van der Waals surface area contributed by atoms with Gasteiger partial charge in [-0.05, 0) is 19.4 Å². The largest absolute Gasteiger partial charge is 0.459 e. The number of carbonyl (C=O) groups is 3. The van der Waals surface area contributed by atoms with Gasteiger partial charge in [-0.25, -0.2) is 9.79 Å². The van der Waals surface area contributed by atoms with Crippen molar-refractivity contribution in [2.45, 2.75) is 32.7 Å². The van der Waals surface area contributed by atoms with Gasteiger partial charge in [0.15, 0.2) is 12.2 Å². The Morgan fingerprint density at radius 1 is 1.13 bits per heavy atom. The number of esters is 1. The average molecular weight is 427 g/mol. The molecule has 164 valence electrons. The molecule has 1 fully saturated rings. The molecule has 0 aliphatic carbocycles. The van der Waals surface area contributed by atoms with Gasteiger partial charge in [-0.3, -0.25) is 19.4 Å². The van der Waals surface area contributed by atoms with Crippen LogP contribution in [0.1, 0.15) is 19.4 Å². The first-order chi connectivity index (χ1) is 14.8. The third kappa shape index (κ3) is 3.42. The van der Waals surface area contributed by atoms with E-state index in [2.05, 4.69) is 4.99 Å². The molecule has 4 rings (SSSR count). The summed E-state index contributed by atoms with van der Waals surface area (Å²) in [5.41, 5.74) is 2.52. The standard InChI is InChI=1S/C21H25N5O5/c1-13-14(2)26-17-18(22-20(26)24(13)9-10-27)23(3)21(30)25(19(17)29)11-16(28)31-12-15-7-5-4-6-8-15/h4-8,17-18,27H,9-12H2,1-3H3. The van der Waals surface area contributed by atoms with Crippen LogP contribution in [0.25, 0.3) is 0 Å². The fourth-order valence-electron chi connectivity index (χ4n) is 4.11. The lowest BCUT2D eigenvalue weighted by Gasteiger charge is -2.40. The van der Waals surface area contributed by atoms with Crippen LogP contribution in [0.3, 0.4) is 0 Å². The highest BCUT2D eigenvalue weighted by molar-refractivity contribution is 6.06. The van der Waals surface area contributed by atoms with Crippen LogP contribution in [0, 0.1) is 0 Å². The second kappa shape index (κ2) is 8.03. The third-order valence-electron chi connectivity index (χ3n) is 5.86. The third-order valence-corrected chi connectivity index (χ3v) is 5.86. The highest BCUT2D eigenvalue weighted by Gasteiger charge is 2.55. The number of aliphatic hydroxyl groups excluding tert-OH is 1. The molecule has 31 heavy (non-hydrogen) atoms. The summed E-state index contributed by atoms with van der Waals surface area (Å²) < 4.78 is 5.26. The number of allylic oxidation sites excluding steroid dienone is 2. The second-order valence-electron chi connectivity index (χ2n) is 7.67. The van der Waals surface area contributed by atoms with E-state index in [1.807, 2.05) is 49.1 Å². The van der Waals surface area contributed by atoms with E-state index in [-0.39, 0.29) is 13.2 Å². The second-order valence-corrected chi connectivity index (χ2v) is 7.67. The zero-order valence-corrected chi connectivity index (χ0v) is 17.7. The fraction of sp³-hybridized carbons (Fsp3) is 0.429. The monoisotopic (exact) mass is 427 g/mol. The topological polar surface area (TPSA) is 106 Å². The van der Waals surface area contributed by atoms with E-state index in [4.69, 9.17) is 4.74 Å². The van der Waals surface area contributed by atoms with E-state index in [1.54, 1.807) is 11.9 Å². The van der Waals surface area contributed by atoms with Gasteiger partial charge in [0.2, 0.25) is 5.96 Å². The van der Waals surface area contributed by atoms with Gasteiger partial charge in [-0.2, -0.15) is 0 Å². The molecular weight excluding hydrogens is 402 g/mol. The number of urea groups is 1. The van der Waals surface area contributed by atoms with Crippen LogP contribution in [-0.2, 0) is 20.9 Å². The molecule has 1 saturated heterocycles. The number of nitrogens with zero attached hydrogens (tertiary/aromatic N) is 5. The first-order valence-corrected chi connectivity index (χ1v) is 10.1. The minimum absolute atomic E-state index is 0.0638. The molecular formula is C21H25N5O5. The maximum Gasteiger partial charge on any atom is 0.328 e. The predicted molar refractivity (Wildman–Crippen MR) is 110 cm³/mol. The van der Waals surface area contributed by atoms with Gasteiger partial charge >= 0.3 is 12.0 Å². The smallest absolute Gasteiger partial charge is 0.328 e. The quantitative estimate of drug-likeness (QED) is 0.661. The SMILES string of the molecule is CC1=C(C)N2C(=NC3C2C(=O)N(CC(=O)OCc2ccccc2)C(=O)N3C)N1CCO. The molecule has 10 heteroatoms. The van der Waals surface area contributed by atoms with Crippen molar-refractivity contribution in [1.29, 1.82) is 0 Å². The van der Waals surface area contributed by atoms with Gasteiger partial charge in [0.1, 0.15) is 13.2 Å². The molecule has 2 atom stereocenters. The summed E-state index contributed by atoms with van der Waals surface area (Å²) in [5.74, 6) is -0.634. The van der Waals surface area contributed by atoms with Crippen molar-refractivity contribution in [3.63, 3.8) is 0 Å². The van der Waals surface area contributed by atoms with E-state index in [9.17, 15) is 19.5 Å². The molecule has 3 aliphatic rings. The molecule has 10 nitrogen and oxygen atoms in total. The van der Waals surface area contributed by atoms with Crippen LogP contribution < -0.4 is 0 Å². The number of carbonyl (C=O) groups excluding carboxylic acids is 3. The number of imide groups is 1. The van der Waals surface area contributed by atoms with Crippen molar-refractivity contribution in [3.05, 3.63) is 47.3 Å². The van der Waals surface area contributed by atoms with Crippen molar-refractivity contribution in [2.75, 3.05) is 26.7 Å². The number of β-amino-alcohol motifs (C(OH)–C–C–N with tert-alkyl or cyclic N) is 1. The highest BCUT2D eigenvalue weighted by atomic mass is 16.5. The van der Waals surface area contributed by atoms with Gasteiger partial charge in [-0.15, -0.1) is 0 Å². The van der Waals surface area contributed by atoms with E-state index in [0.29, 0.717) is 12.5 Å². The summed E-state index contributed by atoms with van der Waals surface area (Å²) >= 11 is 0. The Morgan fingerprint density at radius 2 is 1.84 bits per heavy atom. The summed E-state index contributed by atoms with van der Waals surface area (Å²) in [6.07, 6.45) is -0.698. The normalized spacial score (nSPS) is 22.8. The van der Waals surface area contributed by atoms with Gasteiger partial charge in [0, 0.05) is 25.0 Å². The first-order valence-electron chi connectivity index (χ1n) is 10.1. The summed E-state index contributed by atoms with van der Waals surface area (Å²) in [7, 11) is 1.56. The van der Waals surface area contributed by atoms with Crippen molar-refractivity contribution in [3.8, 4) is 0 Å². The Labute approximate surface area is 180 Å². The molecule has 3 amide bonds. The molecule has 2 unspecified atom stereocenters. The van der Waals surface area contributed by atoms with E-state index >= 15 is 0 Å². The molecule has 0 saturated carbocycles. The molecule has 0 bridgehead atoms. The number of benzene rings is 1. The number of aliphatic imine (C=N–C) groups is 1. The number of fused-ring (bicyclic) bond motifs is 3. The van der Waals surface area contributed by atoms with Gasteiger partial charge < -0.3 is 19.6 Å². The van der Waals surface area contributed by atoms with E-state index in [0.717, 1.165) is 21.9 Å². The summed E-state index contributed by atoms with van der Waals surface area (Å²) in [6.45, 7) is 3.61. The highest BCUT2D eigenvalue weighted by Crippen LogP contribution is 2.37. The van der Waals surface area contributed by atoms with Crippen molar-refractivity contribution in [1.82, 2.24) is 19.6 Å². The van der Waals surface area contributed by atoms with Gasteiger partial charge in [0.25, 0.3) is 5.91 Å². The lowest BCUT2D eigenvalue weighted by Crippen LogP contribution is -2.65. The predicted octanol–water partition coefficient (Wildman–Crippen LogP) is 0.549. The molecule has 1 aromatic rings. The zero-order valence-electron chi connectivity index (χ0n) is 17.7. The van der Waals surface area contributed by atoms with E-state index in [1.165, 1.54) is 4.90 Å². The lowest BCUT2D eigenvalue weighted by atomic mass is 10.1. The summed E-state index contributed by atoms with van der Waals surface area (Å²) in [5, 5.41) is 9.40. The fourth-order valence-corrected chi connectivity index (χ4v) is 4.11. The minimum atomic E-state index is -0.765. The van der Waals surface area contributed by atoms with Crippen LogP contribution in [0.4, 0.5) is 4.79 Å². The average Bonchev–Trinajstić information content (AvgIpc) is 3.26. The number of likely N-dealkylation sites (N-methyl/N-ethyl adjacent to an activating group) is 1. The first kappa shape index (κ1) is 20.9. The molecule has 3 aliphatic heterocycles.